The van der Waals surface area contributed by atoms with E-state index in [4.69, 9.17) is 4.42 Å². The normalized spacial score (nSPS) is 13.7. The van der Waals surface area contributed by atoms with Crippen LogP contribution in [0.4, 0.5) is 5.69 Å². The molecule has 1 fully saturated rings. The van der Waals surface area contributed by atoms with E-state index in [0.29, 0.717) is 28.8 Å². The third-order valence-corrected chi connectivity index (χ3v) is 4.17. The lowest BCUT2D eigenvalue weighted by Crippen LogP contribution is -2.15. The second kappa shape index (κ2) is 6.12. The van der Waals surface area contributed by atoms with Gasteiger partial charge in [0.1, 0.15) is 11.6 Å². The third kappa shape index (κ3) is 3.28. The Kier molecular flexibility index (Phi) is 3.80. The minimum absolute atomic E-state index is 0.222. The van der Waals surface area contributed by atoms with Gasteiger partial charge in [0.15, 0.2) is 0 Å². The Morgan fingerprint density at radius 3 is 2.72 bits per heavy atom. The molecule has 1 aromatic carbocycles. The average molecular weight is 334 g/mol. The Labute approximate surface area is 145 Å². The van der Waals surface area contributed by atoms with Crippen LogP contribution in [-0.4, -0.2) is 20.9 Å². The first-order valence-corrected chi connectivity index (χ1v) is 8.28. The van der Waals surface area contributed by atoms with Gasteiger partial charge in [-0.05, 0) is 44.9 Å². The Morgan fingerprint density at radius 2 is 2.04 bits per heavy atom. The standard InChI is InChI=1S/C19H18N4O2/c1-11-9-21-19(25-11)14-4-3-5-15(8-14)23-18(24)16-10-20-17(13-6-7-13)22-12(16)2/h3-5,8-10,13H,6-7H2,1-2H3,(H,23,24). The molecule has 0 spiro atoms. The summed E-state index contributed by atoms with van der Waals surface area (Å²) < 4.78 is 5.53. The number of hydrogen-bond donors (Lipinski definition) is 1. The molecule has 0 atom stereocenters. The van der Waals surface area contributed by atoms with E-state index < -0.39 is 0 Å². The molecule has 2 aromatic heterocycles. The number of nitrogens with zero attached hydrogens (tertiary/aromatic N) is 3. The number of aryl methyl sites for hydroxylation is 2. The van der Waals surface area contributed by atoms with Crippen molar-refractivity contribution < 1.29 is 9.21 Å². The summed E-state index contributed by atoms with van der Waals surface area (Å²) in [6.45, 7) is 3.69. The molecule has 0 unspecified atom stereocenters. The lowest BCUT2D eigenvalue weighted by molar-refractivity contribution is 0.102. The fraction of sp³-hybridized carbons (Fsp3) is 0.263. The van der Waals surface area contributed by atoms with Gasteiger partial charge in [0.2, 0.25) is 5.89 Å². The van der Waals surface area contributed by atoms with Crippen LogP contribution in [0.3, 0.4) is 0 Å². The number of nitrogens with one attached hydrogen (secondary N) is 1. The van der Waals surface area contributed by atoms with Crippen LogP contribution >= 0.6 is 0 Å². The number of anilines is 1. The molecule has 4 rings (SSSR count). The second-order valence-electron chi connectivity index (χ2n) is 6.31. The zero-order valence-corrected chi connectivity index (χ0v) is 14.1. The summed E-state index contributed by atoms with van der Waals surface area (Å²) in [5, 5.41) is 2.89. The predicted molar refractivity (Wildman–Crippen MR) is 93.4 cm³/mol. The Morgan fingerprint density at radius 1 is 1.20 bits per heavy atom. The van der Waals surface area contributed by atoms with E-state index >= 15 is 0 Å². The number of rotatable bonds is 4. The molecule has 6 heteroatoms. The molecule has 6 nitrogen and oxygen atoms in total. The Bertz CT molecular complexity index is 944. The van der Waals surface area contributed by atoms with Crippen LogP contribution in [0.5, 0.6) is 0 Å². The van der Waals surface area contributed by atoms with Crippen LogP contribution < -0.4 is 5.32 Å². The molecular formula is C19H18N4O2. The van der Waals surface area contributed by atoms with E-state index in [2.05, 4.69) is 20.3 Å². The maximum absolute atomic E-state index is 12.6. The van der Waals surface area contributed by atoms with Crippen molar-refractivity contribution >= 4 is 11.6 Å². The highest BCUT2D eigenvalue weighted by Crippen LogP contribution is 2.38. The molecule has 0 bridgehead atoms. The maximum atomic E-state index is 12.6. The molecule has 1 N–H and O–H groups in total. The fourth-order valence-electron chi connectivity index (χ4n) is 2.66. The molecule has 0 radical (unpaired) electrons. The molecule has 1 saturated carbocycles. The van der Waals surface area contributed by atoms with E-state index in [-0.39, 0.29) is 5.91 Å². The predicted octanol–water partition coefficient (Wildman–Crippen LogP) is 3.88. The average Bonchev–Trinajstić information content (AvgIpc) is 3.36. The van der Waals surface area contributed by atoms with Crippen LogP contribution in [0.1, 0.15) is 46.4 Å². The minimum Gasteiger partial charge on any atom is -0.441 e. The molecule has 1 amide bonds. The summed E-state index contributed by atoms with van der Waals surface area (Å²) in [5.74, 6) is 2.36. The zero-order valence-electron chi connectivity index (χ0n) is 14.1. The van der Waals surface area contributed by atoms with Gasteiger partial charge in [-0.15, -0.1) is 0 Å². The van der Waals surface area contributed by atoms with Gasteiger partial charge in [0.25, 0.3) is 5.91 Å². The molecule has 126 valence electrons. The molecule has 3 aromatic rings. The van der Waals surface area contributed by atoms with Crippen molar-refractivity contribution in [3.05, 3.63) is 59.5 Å². The summed E-state index contributed by atoms with van der Waals surface area (Å²) in [6, 6.07) is 7.40. The SMILES string of the molecule is Cc1cnc(-c2cccc(NC(=O)c3cnc(C4CC4)nc3C)c2)o1. The number of carbonyl (C=O) groups excluding carboxylic acids is 1. The summed E-state index contributed by atoms with van der Waals surface area (Å²) >= 11 is 0. The van der Waals surface area contributed by atoms with Crippen molar-refractivity contribution in [2.24, 2.45) is 0 Å². The van der Waals surface area contributed by atoms with Crippen LogP contribution in [0.25, 0.3) is 11.5 Å². The van der Waals surface area contributed by atoms with Gasteiger partial charge in [0.05, 0.1) is 17.5 Å². The van der Waals surface area contributed by atoms with Gasteiger partial charge in [-0.25, -0.2) is 15.0 Å². The topological polar surface area (TPSA) is 80.9 Å². The van der Waals surface area contributed by atoms with Crippen molar-refractivity contribution in [2.75, 3.05) is 5.32 Å². The van der Waals surface area contributed by atoms with Gasteiger partial charge in [-0.3, -0.25) is 4.79 Å². The quantitative estimate of drug-likeness (QED) is 0.783. The molecule has 0 saturated heterocycles. The molecule has 25 heavy (non-hydrogen) atoms. The van der Waals surface area contributed by atoms with Crippen molar-refractivity contribution in [3.63, 3.8) is 0 Å². The summed E-state index contributed by atoms with van der Waals surface area (Å²) in [7, 11) is 0. The fourth-order valence-corrected chi connectivity index (χ4v) is 2.66. The lowest BCUT2D eigenvalue weighted by Gasteiger charge is -2.09. The van der Waals surface area contributed by atoms with Crippen LogP contribution in [0.2, 0.25) is 0 Å². The number of carbonyl (C=O) groups is 1. The zero-order chi connectivity index (χ0) is 17.4. The van der Waals surface area contributed by atoms with E-state index in [1.54, 1.807) is 12.4 Å². The smallest absolute Gasteiger partial charge is 0.259 e. The van der Waals surface area contributed by atoms with E-state index in [9.17, 15) is 4.79 Å². The maximum Gasteiger partial charge on any atom is 0.259 e. The first-order valence-electron chi connectivity index (χ1n) is 8.28. The summed E-state index contributed by atoms with van der Waals surface area (Å²) in [6.07, 6.45) is 5.56. The highest BCUT2D eigenvalue weighted by atomic mass is 16.4. The van der Waals surface area contributed by atoms with Crippen molar-refractivity contribution in [1.29, 1.82) is 0 Å². The highest BCUT2D eigenvalue weighted by molar-refractivity contribution is 6.05. The largest absolute Gasteiger partial charge is 0.441 e. The van der Waals surface area contributed by atoms with E-state index in [1.807, 2.05) is 38.1 Å². The van der Waals surface area contributed by atoms with Crippen molar-refractivity contribution in [1.82, 2.24) is 15.0 Å². The molecule has 1 aliphatic rings. The molecule has 2 heterocycles. The molecule has 1 aliphatic carbocycles. The van der Waals surface area contributed by atoms with Crippen LogP contribution in [0, 0.1) is 13.8 Å². The first kappa shape index (κ1) is 15.5. The second-order valence-corrected chi connectivity index (χ2v) is 6.31. The Balaban J connectivity index is 1.54. The number of amides is 1. The number of benzene rings is 1. The Hall–Kier alpha value is -3.02. The lowest BCUT2D eigenvalue weighted by atomic mass is 10.1. The minimum atomic E-state index is -0.222. The summed E-state index contributed by atoms with van der Waals surface area (Å²) in [5.41, 5.74) is 2.67. The van der Waals surface area contributed by atoms with Gasteiger partial charge in [0, 0.05) is 23.4 Å². The molecule has 0 aliphatic heterocycles. The van der Waals surface area contributed by atoms with E-state index in [1.165, 1.54) is 0 Å². The van der Waals surface area contributed by atoms with Gasteiger partial charge < -0.3 is 9.73 Å². The van der Waals surface area contributed by atoms with E-state index in [0.717, 1.165) is 30.0 Å². The van der Waals surface area contributed by atoms with Crippen LogP contribution in [0.15, 0.2) is 41.1 Å². The van der Waals surface area contributed by atoms with Gasteiger partial charge in [-0.2, -0.15) is 0 Å². The molecular weight excluding hydrogens is 316 g/mol. The third-order valence-electron chi connectivity index (χ3n) is 4.17. The number of hydrogen-bond acceptors (Lipinski definition) is 5. The van der Waals surface area contributed by atoms with Crippen molar-refractivity contribution in [3.8, 4) is 11.5 Å². The highest BCUT2D eigenvalue weighted by Gasteiger charge is 2.27. The van der Waals surface area contributed by atoms with Crippen LogP contribution in [-0.2, 0) is 0 Å². The van der Waals surface area contributed by atoms with Gasteiger partial charge in [-0.1, -0.05) is 6.07 Å². The number of aromatic nitrogens is 3. The summed E-state index contributed by atoms with van der Waals surface area (Å²) in [4.78, 5) is 25.6. The van der Waals surface area contributed by atoms with Gasteiger partial charge >= 0.3 is 0 Å². The number of oxazole rings is 1. The first-order chi connectivity index (χ1) is 12.1. The monoisotopic (exact) mass is 334 g/mol. The van der Waals surface area contributed by atoms with Crippen molar-refractivity contribution in [2.45, 2.75) is 32.6 Å².